The van der Waals surface area contributed by atoms with Gasteiger partial charge in [-0.15, -0.1) is 0 Å². The van der Waals surface area contributed by atoms with Gasteiger partial charge in [0.25, 0.3) is 0 Å². The first-order valence-corrected chi connectivity index (χ1v) is 6.66. The molecule has 2 heteroatoms. The van der Waals surface area contributed by atoms with Gasteiger partial charge in [0.05, 0.1) is 0 Å². The quantitative estimate of drug-likeness (QED) is 0.720. The largest absolute Gasteiger partial charge is 0.311 e. The molecule has 0 aromatic carbocycles. The molecular weight excluding hydrogens is 196 g/mol. The van der Waals surface area contributed by atoms with Crippen LogP contribution in [0, 0.1) is 5.41 Å². The Balaban J connectivity index is 4.32. The molecule has 0 saturated heterocycles. The van der Waals surface area contributed by atoms with Crippen molar-refractivity contribution in [3.63, 3.8) is 0 Å². The lowest BCUT2D eigenvalue weighted by atomic mass is 9.84. The molecule has 0 bridgehead atoms. The SMILES string of the molecule is CCCC(C)(CNC(C)(C)C)CN(C)CC. The molecule has 0 aliphatic rings. The van der Waals surface area contributed by atoms with Crippen LogP contribution in [0.25, 0.3) is 0 Å². The van der Waals surface area contributed by atoms with E-state index in [1.54, 1.807) is 0 Å². The summed E-state index contributed by atoms with van der Waals surface area (Å²) in [6.45, 7) is 17.0. The second-order valence-electron chi connectivity index (χ2n) is 6.49. The molecule has 98 valence electrons. The first-order chi connectivity index (χ1) is 7.22. The summed E-state index contributed by atoms with van der Waals surface area (Å²) in [6, 6.07) is 0. The van der Waals surface area contributed by atoms with Crippen LogP contribution in [0.5, 0.6) is 0 Å². The minimum atomic E-state index is 0.222. The van der Waals surface area contributed by atoms with Gasteiger partial charge in [-0.05, 0) is 46.2 Å². The molecule has 0 aromatic heterocycles. The van der Waals surface area contributed by atoms with Crippen molar-refractivity contribution in [2.45, 2.75) is 59.9 Å². The molecule has 16 heavy (non-hydrogen) atoms. The Labute approximate surface area is 103 Å². The van der Waals surface area contributed by atoms with Gasteiger partial charge in [0, 0.05) is 18.6 Å². The normalized spacial score (nSPS) is 16.5. The van der Waals surface area contributed by atoms with Gasteiger partial charge in [-0.3, -0.25) is 0 Å². The highest BCUT2D eigenvalue weighted by Gasteiger charge is 2.26. The fraction of sp³-hybridized carbons (Fsp3) is 1.00. The Morgan fingerprint density at radius 1 is 1.06 bits per heavy atom. The minimum absolute atomic E-state index is 0.222. The topological polar surface area (TPSA) is 15.3 Å². The molecule has 0 rings (SSSR count). The Hall–Kier alpha value is -0.0800. The molecule has 0 spiro atoms. The van der Waals surface area contributed by atoms with Gasteiger partial charge in [-0.1, -0.05) is 27.2 Å². The molecule has 0 fully saturated rings. The Morgan fingerprint density at radius 2 is 1.62 bits per heavy atom. The van der Waals surface area contributed by atoms with Crippen molar-refractivity contribution < 1.29 is 0 Å². The lowest BCUT2D eigenvalue weighted by molar-refractivity contribution is 0.166. The predicted molar refractivity (Wildman–Crippen MR) is 73.9 cm³/mol. The standard InChI is InChI=1S/C14H32N2/c1-8-10-14(6,12-16(7)9-2)11-15-13(3,4)5/h15H,8-12H2,1-7H3. The van der Waals surface area contributed by atoms with E-state index in [1.807, 2.05) is 0 Å². The summed E-state index contributed by atoms with van der Waals surface area (Å²) in [4.78, 5) is 2.42. The van der Waals surface area contributed by atoms with E-state index in [1.165, 1.54) is 19.4 Å². The molecular formula is C14H32N2. The van der Waals surface area contributed by atoms with E-state index in [-0.39, 0.29) is 5.54 Å². The number of nitrogens with zero attached hydrogens (tertiary/aromatic N) is 1. The van der Waals surface area contributed by atoms with Crippen LogP contribution in [-0.4, -0.2) is 37.1 Å². The minimum Gasteiger partial charge on any atom is -0.311 e. The molecule has 2 nitrogen and oxygen atoms in total. The van der Waals surface area contributed by atoms with Crippen LogP contribution in [0.2, 0.25) is 0 Å². The van der Waals surface area contributed by atoms with Crippen LogP contribution in [0.1, 0.15) is 54.4 Å². The highest BCUT2D eigenvalue weighted by molar-refractivity contribution is 4.83. The monoisotopic (exact) mass is 228 g/mol. The van der Waals surface area contributed by atoms with Gasteiger partial charge in [0.1, 0.15) is 0 Å². The van der Waals surface area contributed by atoms with Crippen molar-refractivity contribution in [3.8, 4) is 0 Å². The molecule has 0 aromatic rings. The van der Waals surface area contributed by atoms with Crippen molar-refractivity contribution >= 4 is 0 Å². The number of rotatable bonds is 7. The smallest absolute Gasteiger partial charge is 0.00967 e. The molecule has 0 aliphatic heterocycles. The first kappa shape index (κ1) is 15.9. The summed E-state index contributed by atoms with van der Waals surface area (Å²) in [5, 5.41) is 3.65. The van der Waals surface area contributed by atoms with E-state index in [9.17, 15) is 0 Å². The third-order valence-electron chi connectivity index (χ3n) is 3.09. The number of nitrogens with one attached hydrogen (secondary N) is 1. The van der Waals surface area contributed by atoms with Crippen LogP contribution >= 0.6 is 0 Å². The fourth-order valence-corrected chi connectivity index (χ4v) is 2.07. The van der Waals surface area contributed by atoms with E-state index in [2.05, 4.69) is 58.8 Å². The fourth-order valence-electron chi connectivity index (χ4n) is 2.07. The highest BCUT2D eigenvalue weighted by Crippen LogP contribution is 2.24. The lowest BCUT2D eigenvalue weighted by Crippen LogP contribution is -2.47. The average molecular weight is 228 g/mol. The van der Waals surface area contributed by atoms with E-state index < -0.39 is 0 Å². The first-order valence-electron chi connectivity index (χ1n) is 6.66. The van der Waals surface area contributed by atoms with Crippen LogP contribution in [0.15, 0.2) is 0 Å². The van der Waals surface area contributed by atoms with Gasteiger partial charge in [0.15, 0.2) is 0 Å². The zero-order valence-electron chi connectivity index (χ0n) is 12.5. The zero-order chi connectivity index (χ0) is 12.8. The molecule has 1 atom stereocenters. The lowest BCUT2D eigenvalue weighted by Gasteiger charge is -2.36. The predicted octanol–water partition coefficient (Wildman–Crippen LogP) is 3.13. The Bertz CT molecular complexity index is 184. The van der Waals surface area contributed by atoms with Gasteiger partial charge >= 0.3 is 0 Å². The van der Waals surface area contributed by atoms with Crippen molar-refractivity contribution in [1.29, 1.82) is 0 Å². The van der Waals surface area contributed by atoms with Gasteiger partial charge in [-0.2, -0.15) is 0 Å². The summed E-state index contributed by atoms with van der Waals surface area (Å²) >= 11 is 0. The second-order valence-corrected chi connectivity index (χ2v) is 6.49. The van der Waals surface area contributed by atoms with Gasteiger partial charge < -0.3 is 10.2 Å². The van der Waals surface area contributed by atoms with E-state index in [0.717, 1.165) is 13.1 Å². The molecule has 0 aliphatic carbocycles. The van der Waals surface area contributed by atoms with Crippen molar-refractivity contribution in [2.75, 3.05) is 26.7 Å². The summed E-state index contributed by atoms with van der Waals surface area (Å²) in [6.07, 6.45) is 2.56. The van der Waals surface area contributed by atoms with E-state index in [4.69, 9.17) is 0 Å². The summed E-state index contributed by atoms with van der Waals surface area (Å²) in [5.74, 6) is 0. The molecule has 0 amide bonds. The van der Waals surface area contributed by atoms with Crippen LogP contribution in [0.3, 0.4) is 0 Å². The van der Waals surface area contributed by atoms with Gasteiger partial charge in [-0.25, -0.2) is 0 Å². The van der Waals surface area contributed by atoms with Crippen molar-refractivity contribution in [3.05, 3.63) is 0 Å². The summed E-state index contributed by atoms with van der Waals surface area (Å²) < 4.78 is 0. The van der Waals surface area contributed by atoms with E-state index in [0.29, 0.717) is 5.41 Å². The zero-order valence-corrected chi connectivity index (χ0v) is 12.5. The van der Waals surface area contributed by atoms with Crippen molar-refractivity contribution in [1.82, 2.24) is 10.2 Å². The molecule has 1 unspecified atom stereocenters. The summed E-state index contributed by atoms with van der Waals surface area (Å²) in [5.41, 5.74) is 0.618. The number of hydrogen-bond donors (Lipinski definition) is 1. The van der Waals surface area contributed by atoms with Crippen LogP contribution < -0.4 is 5.32 Å². The maximum atomic E-state index is 3.65. The third-order valence-corrected chi connectivity index (χ3v) is 3.09. The second kappa shape index (κ2) is 6.61. The summed E-state index contributed by atoms with van der Waals surface area (Å²) in [7, 11) is 2.21. The molecule has 0 heterocycles. The Kier molecular flexibility index (Phi) is 6.57. The molecule has 1 N–H and O–H groups in total. The molecule has 0 saturated carbocycles. The van der Waals surface area contributed by atoms with Crippen molar-refractivity contribution in [2.24, 2.45) is 5.41 Å². The van der Waals surface area contributed by atoms with Gasteiger partial charge in [0.2, 0.25) is 0 Å². The molecule has 0 radical (unpaired) electrons. The van der Waals surface area contributed by atoms with Crippen LogP contribution in [0.4, 0.5) is 0 Å². The Morgan fingerprint density at radius 3 is 2.00 bits per heavy atom. The van der Waals surface area contributed by atoms with E-state index >= 15 is 0 Å². The third kappa shape index (κ3) is 7.24. The van der Waals surface area contributed by atoms with Crippen LogP contribution in [-0.2, 0) is 0 Å². The maximum absolute atomic E-state index is 3.65. The highest BCUT2D eigenvalue weighted by atomic mass is 15.1. The average Bonchev–Trinajstić information content (AvgIpc) is 2.14. The number of hydrogen-bond acceptors (Lipinski definition) is 2. The maximum Gasteiger partial charge on any atom is 0.00967 e.